The second-order valence-electron chi connectivity index (χ2n) is 4.21. The van der Waals surface area contributed by atoms with E-state index in [1.165, 1.54) is 4.68 Å². The smallest absolute Gasteiger partial charge is 0.341 e. The summed E-state index contributed by atoms with van der Waals surface area (Å²) < 4.78 is 39.7. The van der Waals surface area contributed by atoms with Gasteiger partial charge in [-0.25, -0.2) is 0 Å². The number of nitrogens with zero attached hydrogens (tertiary/aromatic N) is 3. The molecule has 20 heavy (non-hydrogen) atoms. The second-order valence-corrected chi connectivity index (χ2v) is 4.62. The normalized spacial score (nSPS) is 11.4. The number of aryl methyl sites for hydroxylation is 2. The van der Waals surface area contributed by atoms with Crippen LogP contribution in [0.1, 0.15) is 17.0 Å². The van der Waals surface area contributed by atoms with Crippen LogP contribution < -0.4 is 0 Å². The second kappa shape index (κ2) is 4.76. The van der Waals surface area contributed by atoms with Crippen LogP contribution >= 0.6 is 12.2 Å². The average Bonchev–Trinajstić information content (AvgIpc) is 2.66. The number of nitriles is 1. The van der Waals surface area contributed by atoms with Crippen molar-refractivity contribution in [2.24, 2.45) is 7.05 Å². The lowest BCUT2D eigenvalue weighted by molar-refractivity contribution is -0.141. The van der Waals surface area contributed by atoms with Gasteiger partial charge < -0.3 is 4.98 Å². The molecule has 0 aliphatic rings. The van der Waals surface area contributed by atoms with E-state index < -0.39 is 11.9 Å². The summed E-state index contributed by atoms with van der Waals surface area (Å²) in [6.45, 7) is 1.66. The SMILES string of the molecule is Cc1nn(C)cc1-c1cc(C(F)(F)F)[nH]c(=S)c1C#N. The summed E-state index contributed by atoms with van der Waals surface area (Å²) in [4.78, 5) is 2.04. The van der Waals surface area contributed by atoms with Gasteiger partial charge in [-0.2, -0.15) is 23.5 Å². The summed E-state index contributed by atoms with van der Waals surface area (Å²) in [5.41, 5.74) is 0.130. The Morgan fingerprint density at radius 2 is 2.05 bits per heavy atom. The van der Waals surface area contributed by atoms with E-state index in [9.17, 15) is 13.2 Å². The number of hydrogen-bond donors (Lipinski definition) is 1. The maximum atomic E-state index is 12.8. The quantitative estimate of drug-likeness (QED) is 0.821. The minimum absolute atomic E-state index is 0.00380. The number of halogens is 3. The van der Waals surface area contributed by atoms with Gasteiger partial charge in [0.25, 0.3) is 0 Å². The molecule has 0 atom stereocenters. The maximum absolute atomic E-state index is 12.8. The van der Waals surface area contributed by atoms with Crippen molar-refractivity contribution < 1.29 is 13.2 Å². The van der Waals surface area contributed by atoms with Crippen molar-refractivity contribution in [2.75, 3.05) is 0 Å². The Morgan fingerprint density at radius 3 is 2.50 bits per heavy atom. The van der Waals surface area contributed by atoms with Crippen molar-refractivity contribution in [2.45, 2.75) is 13.1 Å². The first kappa shape index (κ1) is 14.3. The number of rotatable bonds is 1. The van der Waals surface area contributed by atoms with Crippen LogP contribution in [0.3, 0.4) is 0 Å². The summed E-state index contributed by atoms with van der Waals surface area (Å²) >= 11 is 4.84. The Labute approximate surface area is 117 Å². The zero-order valence-electron chi connectivity index (χ0n) is 10.5. The highest BCUT2D eigenvalue weighted by atomic mass is 32.1. The van der Waals surface area contributed by atoms with Crippen LogP contribution in [-0.2, 0) is 13.2 Å². The monoisotopic (exact) mass is 298 g/mol. The lowest BCUT2D eigenvalue weighted by atomic mass is 10.0. The van der Waals surface area contributed by atoms with Gasteiger partial charge in [-0.15, -0.1) is 0 Å². The number of H-pyrrole nitrogens is 1. The van der Waals surface area contributed by atoms with Crippen molar-refractivity contribution in [3.63, 3.8) is 0 Å². The molecule has 0 aliphatic heterocycles. The molecule has 0 aliphatic carbocycles. The molecule has 0 fully saturated rings. The fraction of sp³-hybridized carbons (Fsp3) is 0.250. The summed E-state index contributed by atoms with van der Waals surface area (Å²) in [6, 6.07) is 2.72. The fourth-order valence-electron chi connectivity index (χ4n) is 1.90. The molecule has 2 aromatic rings. The van der Waals surface area contributed by atoms with Crippen LogP contribution in [0.5, 0.6) is 0 Å². The fourth-order valence-corrected chi connectivity index (χ4v) is 2.17. The molecule has 0 amide bonds. The van der Waals surface area contributed by atoms with Crippen LogP contribution in [0, 0.1) is 22.9 Å². The first-order chi connectivity index (χ1) is 9.24. The predicted molar refractivity (Wildman–Crippen MR) is 68.3 cm³/mol. The highest BCUT2D eigenvalue weighted by molar-refractivity contribution is 7.71. The number of aromatic nitrogens is 3. The van der Waals surface area contributed by atoms with Crippen molar-refractivity contribution >= 4 is 12.2 Å². The summed E-state index contributed by atoms with van der Waals surface area (Å²) in [5.74, 6) is 0. The molecule has 8 heteroatoms. The molecular formula is C12H9F3N4S. The van der Waals surface area contributed by atoms with Crippen LogP contribution in [-0.4, -0.2) is 14.8 Å². The van der Waals surface area contributed by atoms with Crippen LogP contribution in [0.15, 0.2) is 12.3 Å². The van der Waals surface area contributed by atoms with E-state index in [0.717, 1.165) is 6.07 Å². The number of alkyl halides is 3. The van der Waals surface area contributed by atoms with Gasteiger partial charge in [0.15, 0.2) is 0 Å². The zero-order valence-corrected chi connectivity index (χ0v) is 11.4. The highest BCUT2D eigenvalue weighted by Crippen LogP contribution is 2.33. The lowest BCUT2D eigenvalue weighted by Gasteiger charge is -2.10. The van der Waals surface area contributed by atoms with Gasteiger partial charge in [0, 0.05) is 24.4 Å². The third kappa shape index (κ3) is 2.44. The molecule has 0 unspecified atom stereocenters. The van der Waals surface area contributed by atoms with Crippen molar-refractivity contribution in [3.8, 4) is 17.2 Å². The molecule has 0 radical (unpaired) electrons. The van der Waals surface area contributed by atoms with Gasteiger partial charge in [-0.1, -0.05) is 12.2 Å². The molecule has 0 spiro atoms. The largest absolute Gasteiger partial charge is 0.431 e. The summed E-state index contributed by atoms with van der Waals surface area (Å²) in [7, 11) is 1.65. The highest BCUT2D eigenvalue weighted by Gasteiger charge is 2.33. The van der Waals surface area contributed by atoms with Gasteiger partial charge >= 0.3 is 6.18 Å². The topological polar surface area (TPSA) is 57.4 Å². The standard InChI is InChI=1S/C12H9F3N4S/c1-6-9(5-19(2)18-6)7-3-10(12(13,14)15)17-11(20)8(7)4-16/h3,5H,1-2H3,(H,17,20). The Hall–Kier alpha value is -2.14. The van der Waals surface area contributed by atoms with Crippen LogP contribution in [0.25, 0.3) is 11.1 Å². The molecule has 2 heterocycles. The van der Waals surface area contributed by atoms with E-state index >= 15 is 0 Å². The zero-order chi connectivity index (χ0) is 15.1. The molecule has 0 saturated heterocycles. The minimum Gasteiger partial charge on any atom is -0.341 e. The lowest BCUT2D eigenvalue weighted by Crippen LogP contribution is -2.09. The Kier molecular flexibility index (Phi) is 3.39. The van der Waals surface area contributed by atoms with Crippen molar-refractivity contribution in [1.29, 1.82) is 5.26 Å². The number of hydrogen-bond acceptors (Lipinski definition) is 3. The van der Waals surface area contributed by atoms with E-state index in [4.69, 9.17) is 17.5 Å². The minimum atomic E-state index is -4.56. The first-order valence-corrected chi connectivity index (χ1v) is 5.90. The number of nitrogens with one attached hydrogen (secondary N) is 1. The number of aromatic amines is 1. The first-order valence-electron chi connectivity index (χ1n) is 5.49. The van der Waals surface area contributed by atoms with Gasteiger partial charge in [-0.05, 0) is 13.0 Å². The molecule has 0 aromatic carbocycles. The van der Waals surface area contributed by atoms with Crippen molar-refractivity contribution in [3.05, 3.63) is 33.9 Å². The molecule has 0 saturated carbocycles. The maximum Gasteiger partial charge on any atom is 0.431 e. The Balaban J connectivity index is 2.81. The van der Waals surface area contributed by atoms with Gasteiger partial charge in [-0.3, -0.25) is 4.68 Å². The molecule has 2 aromatic heterocycles. The molecular weight excluding hydrogens is 289 g/mol. The Morgan fingerprint density at radius 1 is 1.40 bits per heavy atom. The Bertz CT molecular complexity index is 764. The van der Waals surface area contributed by atoms with Gasteiger partial charge in [0.05, 0.1) is 11.3 Å². The number of pyridine rings is 1. The molecule has 0 bridgehead atoms. The van der Waals surface area contributed by atoms with Gasteiger partial charge in [0.1, 0.15) is 16.4 Å². The van der Waals surface area contributed by atoms with Crippen LogP contribution in [0.2, 0.25) is 0 Å². The summed E-state index contributed by atoms with van der Waals surface area (Å²) in [6.07, 6.45) is -3.01. The van der Waals surface area contributed by atoms with E-state index in [-0.39, 0.29) is 15.8 Å². The van der Waals surface area contributed by atoms with E-state index in [0.29, 0.717) is 11.3 Å². The van der Waals surface area contributed by atoms with Crippen LogP contribution in [0.4, 0.5) is 13.2 Å². The third-order valence-electron chi connectivity index (χ3n) is 2.75. The summed E-state index contributed by atoms with van der Waals surface area (Å²) in [5, 5.41) is 13.2. The molecule has 2 rings (SSSR count). The van der Waals surface area contributed by atoms with E-state index in [1.807, 2.05) is 11.1 Å². The molecule has 104 valence electrons. The molecule has 4 nitrogen and oxygen atoms in total. The van der Waals surface area contributed by atoms with E-state index in [2.05, 4.69) is 5.10 Å². The van der Waals surface area contributed by atoms with Crippen molar-refractivity contribution in [1.82, 2.24) is 14.8 Å². The van der Waals surface area contributed by atoms with E-state index in [1.54, 1.807) is 20.2 Å². The molecule has 1 N–H and O–H groups in total. The predicted octanol–water partition coefficient (Wildman–Crippen LogP) is 3.34. The average molecular weight is 298 g/mol. The van der Waals surface area contributed by atoms with Gasteiger partial charge in [0.2, 0.25) is 0 Å². The third-order valence-corrected chi connectivity index (χ3v) is 3.06.